The largest absolute Gasteiger partial charge is 0.326 e. The van der Waals surface area contributed by atoms with Gasteiger partial charge in [0.05, 0.1) is 23.9 Å². The maximum Gasteiger partial charge on any atom is 0.322 e. The monoisotopic (exact) mass is 450 g/mol. The first-order chi connectivity index (χ1) is 15.7. The maximum absolute atomic E-state index is 13.6. The van der Waals surface area contributed by atoms with Crippen molar-refractivity contribution in [2.24, 2.45) is 0 Å². The van der Waals surface area contributed by atoms with E-state index in [-0.39, 0.29) is 24.4 Å². The summed E-state index contributed by atoms with van der Waals surface area (Å²) >= 11 is 0. The van der Waals surface area contributed by atoms with Gasteiger partial charge in [-0.2, -0.15) is 0 Å². The minimum absolute atomic E-state index is 0.162. The Morgan fingerprint density at radius 3 is 2.52 bits per heavy atom. The van der Waals surface area contributed by atoms with E-state index < -0.39 is 17.9 Å². The molecule has 2 N–H and O–H groups in total. The second-order valence-electron chi connectivity index (χ2n) is 8.45. The highest BCUT2D eigenvalue weighted by Gasteiger charge is 2.46. The number of halogens is 1. The molecule has 0 saturated heterocycles. The second-order valence-corrected chi connectivity index (χ2v) is 8.45. The van der Waals surface area contributed by atoms with Gasteiger partial charge < -0.3 is 15.5 Å². The summed E-state index contributed by atoms with van der Waals surface area (Å²) in [5, 5.41) is 5.70. The Labute approximate surface area is 192 Å². The van der Waals surface area contributed by atoms with Gasteiger partial charge in [-0.15, -0.1) is 0 Å². The van der Waals surface area contributed by atoms with Gasteiger partial charge in [-0.1, -0.05) is 23.8 Å². The van der Waals surface area contributed by atoms with E-state index in [1.54, 1.807) is 11.8 Å². The van der Waals surface area contributed by atoms with Crippen LogP contribution < -0.4 is 10.6 Å². The molecule has 0 spiro atoms. The van der Waals surface area contributed by atoms with Gasteiger partial charge in [-0.25, -0.2) is 9.18 Å². The molecule has 2 aromatic carbocycles. The predicted octanol–water partition coefficient (Wildman–Crippen LogP) is 3.65. The number of carbonyl (C=O) groups excluding carboxylic acids is 3. The van der Waals surface area contributed by atoms with Gasteiger partial charge in [0, 0.05) is 12.2 Å². The summed E-state index contributed by atoms with van der Waals surface area (Å²) < 4.78 is 13.2. The molecule has 0 saturated carbocycles. The number of aryl methyl sites for hydroxylation is 2. The van der Waals surface area contributed by atoms with Gasteiger partial charge in [0.15, 0.2) is 0 Å². The van der Waals surface area contributed by atoms with Gasteiger partial charge in [0.2, 0.25) is 5.91 Å². The molecule has 2 aliphatic rings. The topological polar surface area (TPSA) is 81.8 Å². The molecule has 4 rings (SSSR count). The van der Waals surface area contributed by atoms with Crippen LogP contribution in [0.3, 0.4) is 0 Å². The van der Waals surface area contributed by atoms with Crippen LogP contribution in [0.5, 0.6) is 0 Å². The maximum atomic E-state index is 13.6. The van der Waals surface area contributed by atoms with E-state index in [1.165, 1.54) is 29.2 Å². The Balaban J connectivity index is 1.63. The van der Waals surface area contributed by atoms with E-state index >= 15 is 0 Å². The normalized spacial score (nSPS) is 18.9. The average molecular weight is 451 g/mol. The summed E-state index contributed by atoms with van der Waals surface area (Å²) in [6, 6.07) is 9.71. The van der Waals surface area contributed by atoms with Crippen molar-refractivity contribution in [1.82, 2.24) is 15.1 Å². The number of hydrogen-bond donors (Lipinski definition) is 2. The Bertz CT molecular complexity index is 1160. The molecule has 0 bridgehead atoms. The summed E-state index contributed by atoms with van der Waals surface area (Å²) in [7, 11) is 0. The van der Waals surface area contributed by atoms with Gasteiger partial charge >= 0.3 is 6.03 Å². The zero-order chi connectivity index (χ0) is 23.9. The molecule has 2 aliphatic heterocycles. The Kier molecular flexibility index (Phi) is 5.93. The number of amides is 4. The lowest BCUT2D eigenvalue weighted by molar-refractivity contribution is -0.133. The fraction of sp³-hybridized carbons (Fsp3) is 0.320. The summed E-state index contributed by atoms with van der Waals surface area (Å²) in [6.45, 7) is 8.00. The van der Waals surface area contributed by atoms with Crippen LogP contribution in [0.25, 0.3) is 0 Å². The standard InChI is InChI=1S/C25H27FN4O3/c1-5-29-20-13-30(16(4)23(31)27-18-9-7-17(26)8-10-18)24(32)21(20)22(28-25(29)33)19-11-6-14(2)12-15(19)3/h6-12,16,22H,5,13H2,1-4H3,(H,27,31)(H,28,33)/t16-,22-/m0/s1. The van der Waals surface area contributed by atoms with Crippen molar-refractivity contribution in [1.29, 1.82) is 0 Å². The van der Waals surface area contributed by atoms with Crippen LogP contribution in [0.4, 0.5) is 14.9 Å². The number of rotatable bonds is 5. The van der Waals surface area contributed by atoms with E-state index in [0.29, 0.717) is 23.5 Å². The molecule has 0 aromatic heterocycles. The van der Waals surface area contributed by atoms with Crippen molar-refractivity contribution in [2.75, 3.05) is 18.4 Å². The van der Waals surface area contributed by atoms with Crippen LogP contribution in [-0.2, 0) is 9.59 Å². The molecule has 8 heteroatoms. The van der Waals surface area contributed by atoms with Crippen LogP contribution in [0.1, 0.15) is 36.6 Å². The van der Waals surface area contributed by atoms with Crippen molar-refractivity contribution >= 4 is 23.5 Å². The second kappa shape index (κ2) is 8.69. The number of nitrogens with zero attached hydrogens (tertiary/aromatic N) is 2. The van der Waals surface area contributed by atoms with Gasteiger partial charge in [0.1, 0.15) is 11.9 Å². The fourth-order valence-corrected chi connectivity index (χ4v) is 4.46. The fourth-order valence-electron chi connectivity index (χ4n) is 4.46. The van der Waals surface area contributed by atoms with Crippen molar-refractivity contribution in [3.05, 3.63) is 76.2 Å². The van der Waals surface area contributed by atoms with E-state index in [9.17, 15) is 18.8 Å². The number of carbonyl (C=O) groups is 3. The summed E-state index contributed by atoms with van der Waals surface area (Å²) in [6.07, 6.45) is 0. The number of likely N-dealkylation sites (N-methyl/N-ethyl adjacent to an activating group) is 1. The molecule has 0 unspecified atom stereocenters. The molecular weight excluding hydrogens is 423 g/mol. The highest BCUT2D eigenvalue weighted by molar-refractivity contribution is 6.05. The number of nitrogens with one attached hydrogen (secondary N) is 2. The number of urea groups is 1. The van der Waals surface area contributed by atoms with Crippen LogP contribution in [-0.4, -0.2) is 46.8 Å². The van der Waals surface area contributed by atoms with Crippen molar-refractivity contribution in [2.45, 2.75) is 39.8 Å². The van der Waals surface area contributed by atoms with Crippen LogP contribution in [0.15, 0.2) is 53.7 Å². The first kappa shape index (κ1) is 22.5. The molecule has 0 radical (unpaired) electrons. The molecule has 2 atom stereocenters. The van der Waals surface area contributed by atoms with Crippen molar-refractivity contribution in [3.8, 4) is 0 Å². The third kappa shape index (κ3) is 4.08. The smallest absolute Gasteiger partial charge is 0.322 e. The van der Waals surface area contributed by atoms with Gasteiger partial charge in [-0.05, 0) is 63.1 Å². The Morgan fingerprint density at radius 2 is 1.88 bits per heavy atom. The number of benzene rings is 2. The lowest BCUT2D eigenvalue weighted by Gasteiger charge is -2.33. The average Bonchev–Trinajstić information content (AvgIpc) is 3.11. The first-order valence-electron chi connectivity index (χ1n) is 11.0. The summed E-state index contributed by atoms with van der Waals surface area (Å²) in [5.41, 5.74) is 4.48. The van der Waals surface area contributed by atoms with Crippen LogP contribution in [0.2, 0.25) is 0 Å². The lowest BCUT2D eigenvalue weighted by Crippen LogP contribution is -2.47. The molecule has 4 amide bonds. The zero-order valence-electron chi connectivity index (χ0n) is 19.1. The zero-order valence-corrected chi connectivity index (χ0v) is 19.1. The predicted molar refractivity (Wildman–Crippen MR) is 123 cm³/mol. The molecule has 33 heavy (non-hydrogen) atoms. The third-order valence-electron chi connectivity index (χ3n) is 6.26. The van der Waals surface area contributed by atoms with E-state index in [0.717, 1.165) is 16.7 Å². The summed E-state index contributed by atoms with van der Waals surface area (Å²) in [4.78, 5) is 42.3. The molecule has 2 heterocycles. The third-order valence-corrected chi connectivity index (χ3v) is 6.26. The van der Waals surface area contributed by atoms with Crippen LogP contribution >= 0.6 is 0 Å². The minimum Gasteiger partial charge on any atom is -0.326 e. The molecule has 7 nitrogen and oxygen atoms in total. The lowest BCUT2D eigenvalue weighted by atomic mass is 9.91. The van der Waals surface area contributed by atoms with E-state index in [4.69, 9.17) is 0 Å². The first-order valence-corrected chi connectivity index (χ1v) is 11.0. The highest BCUT2D eigenvalue weighted by atomic mass is 19.1. The SMILES string of the molecule is CCN1C(=O)N[C@@H](c2ccc(C)cc2C)C2=C1CN([C@@H](C)C(=O)Nc1ccc(F)cc1)C2=O. The van der Waals surface area contributed by atoms with Crippen molar-refractivity contribution < 1.29 is 18.8 Å². The van der Waals surface area contributed by atoms with E-state index in [2.05, 4.69) is 10.6 Å². The van der Waals surface area contributed by atoms with Crippen molar-refractivity contribution in [3.63, 3.8) is 0 Å². The van der Waals surface area contributed by atoms with Gasteiger partial charge in [-0.3, -0.25) is 14.5 Å². The molecule has 2 aromatic rings. The Hall–Kier alpha value is -3.68. The Morgan fingerprint density at radius 1 is 1.18 bits per heavy atom. The molecule has 172 valence electrons. The highest BCUT2D eigenvalue weighted by Crippen LogP contribution is 2.38. The minimum atomic E-state index is -0.790. The molecule has 0 aliphatic carbocycles. The summed E-state index contributed by atoms with van der Waals surface area (Å²) in [5.74, 6) is -1.07. The van der Waals surface area contributed by atoms with E-state index in [1.807, 2.05) is 39.0 Å². The molecule has 0 fully saturated rings. The number of anilines is 1. The van der Waals surface area contributed by atoms with Crippen LogP contribution in [0, 0.1) is 19.7 Å². The van der Waals surface area contributed by atoms with Gasteiger partial charge in [0.25, 0.3) is 5.91 Å². The quantitative estimate of drug-likeness (QED) is 0.730. The molecular formula is C25H27FN4O3. The number of hydrogen-bond acceptors (Lipinski definition) is 3.